The van der Waals surface area contributed by atoms with Gasteiger partial charge in [0.2, 0.25) is 0 Å². The van der Waals surface area contributed by atoms with Crippen LogP contribution in [0.4, 0.5) is 11.4 Å². The zero-order valence-corrected chi connectivity index (χ0v) is 48.3. The minimum absolute atomic E-state index is 0.0713. The first-order chi connectivity index (χ1) is 38.6. The van der Waals surface area contributed by atoms with Gasteiger partial charge >= 0.3 is 0 Å². The molecule has 0 N–H and O–H groups in total. The van der Waals surface area contributed by atoms with Gasteiger partial charge in [-0.3, -0.25) is 0 Å². The van der Waals surface area contributed by atoms with Crippen LogP contribution in [0.3, 0.4) is 0 Å². The number of rotatable bonds is 21. The van der Waals surface area contributed by atoms with E-state index in [1.807, 2.05) is 6.92 Å². The highest BCUT2D eigenvalue weighted by Crippen LogP contribution is 2.38. The third-order valence-corrected chi connectivity index (χ3v) is 26.6. The van der Waals surface area contributed by atoms with E-state index in [2.05, 4.69) is 0 Å². The van der Waals surface area contributed by atoms with Crippen LogP contribution in [0, 0.1) is 0 Å². The third kappa shape index (κ3) is 11.1. The number of hydrogen-bond donors (Lipinski definition) is 0. The number of sulfonamides is 6. The van der Waals surface area contributed by atoms with Crippen molar-refractivity contribution in [1.82, 2.24) is 3.71 Å². The van der Waals surface area contributed by atoms with Crippen molar-refractivity contribution in [3.63, 3.8) is 0 Å². The molecule has 0 bridgehead atoms. The second kappa shape index (κ2) is 22.4. The van der Waals surface area contributed by atoms with Crippen LogP contribution >= 0.6 is 0 Å². The molecule has 0 saturated heterocycles. The maximum atomic E-state index is 15.0. The highest BCUT2D eigenvalue weighted by molar-refractivity contribution is 8.11. The lowest BCUT2D eigenvalue weighted by molar-refractivity contribution is 0.479. The van der Waals surface area contributed by atoms with Crippen LogP contribution in [-0.4, -0.2) is 60.8 Å². The molecule has 0 unspecified atom stereocenters. The summed E-state index contributed by atoms with van der Waals surface area (Å²) >= 11 is 0. The fourth-order valence-corrected chi connectivity index (χ4v) is 20.9. The van der Waals surface area contributed by atoms with Crippen LogP contribution in [0.2, 0.25) is 0 Å². The van der Waals surface area contributed by atoms with Crippen LogP contribution < -0.4 is 7.42 Å². The molecule has 0 aliphatic rings. The van der Waals surface area contributed by atoms with E-state index in [0.717, 1.165) is 67.8 Å². The Hall–Kier alpha value is -7.50. The van der Waals surface area contributed by atoms with E-state index in [1.54, 1.807) is 97.1 Å². The van der Waals surface area contributed by atoms with Gasteiger partial charge in [0.1, 0.15) is 0 Å². The average Bonchev–Trinajstić information content (AvgIpc) is 3.55. The Morgan fingerprint density at radius 2 is 0.506 bits per heavy atom. The van der Waals surface area contributed by atoms with Crippen molar-refractivity contribution in [3.8, 4) is 0 Å². The number of anilines is 2. The van der Waals surface area contributed by atoms with Crippen molar-refractivity contribution >= 4 is 115 Å². The van der Waals surface area contributed by atoms with Gasteiger partial charge in [-0.1, -0.05) is 164 Å². The highest BCUT2D eigenvalue weighted by Gasteiger charge is 2.41. The zero-order valence-electron chi connectivity index (χ0n) is 43.4. The van der Waals surface area contributed by atoms with Gasteiger partial charge < -0.3 is 0 Å². The molecule has 0 aliphatic carbocycles. The summed E-state index contributed by atoms with van der Waals surface area (Å²) in [6.45, 7) is 1.45. The van der Waals surface area contributed by atoms with Crippen LogP contribution in [0.5, 0.6) is 0 Å². The van der Waals surface area contributed by atoms with Gasteiger partial charge in [-0.05, 0) is 147 Å². The van der Waals surface area contributed by atoms with E-state index in [9.17, 15) is 50.5 Å². The van der Waals surface area contributed by atoms with E-state index >= 15 is 0 Å². The molecule has 0 fully saturated rings. The molecule has 0 spiro atoms. The van der Waals surface area contributed by atoms with Crippen molar-refractivity contribution in [2.75, 3.05) is 14.0 Å². The smallest absolute Gasteiger partial charge is 0.206 e. The van der Waals surface area contributed by atoms with Crippen LogP contribution in [0.15, 0.2) is 248 Å². The van der Waals surface area contributed by atoms with E-state index < -0.39 is 87.9 Å². The summed E-state index contributed by atoms with van der Waals surface area (Å²) in [5.74, 6) is 0. The molecule has 10 rings (SSSR count). The lowest BCUT2D eigenvalue weighted by Crippen LogP contribution is -2.38. The fraction of sp³-hybridized carbons (Fsp3) is 0.133. The number of fused-ring (bicyclic) bond motifs is 4. The second-order valence-corrected chi connectivity index (χ2v) is 30.8. The number of benzene rings is 10. The molecule has 15 nitrogen and oxygen atoms in total. The first-order valence-corrected chi connectivity index (χ1v) is 34.3. The summed E-state index contributed by atoms with van der Waals surface area (Å²) < 4.78 is 179. The van der Waals surface area contributed by atoms with Gasteiger partial charge in [0, 0.05) is 6.54 Å². The maximum absolute atomic E-state index is 15.0. The Labute approximate surface area is 472 Å². The summed E-state index contributed by atoms with van der Waals surface area (Å²) in [4.78, 5) is -2.82. The van der Waals surface area contributed by atoms with Gasteiger partial charge in [0.25, 0.3) is 60.1 Å². The Bertz CT molecular complexity index is 4240. The number of hydrogen-bond acceptors (Lipinski definition) is 12. The van der Waals surface area contributed by atoms with Crippen molar-refractivity contribution in [1.29, 1.82) is 0 Å². The summed E-state index contributed by atoms with van der Waals surface area (Å²) in [7, 11) is -30.3. The zero-order chi connectivity index (χ0) is 57.4. The predicted molar refractivity (Wildman–Crippen MR) is 317 cm³/mol. The summed E-state index contributed by atoms with van der Waals surface area (Å²) in [5, 5.41) is 4.73. The molecule has 0 heterocycles. The molecule has 0 radical (unpaired) electrons. The van der Waals surface area contributed by atoms with Crippen molar-refractivity contribution in [3.05, 3.63) is 218 Å². The van der Waals surface area contributed by atoms with E-state index in [-0.39, 0.29) is 37.1 Å². The lowest BCUT2D eigenvalue weighted by Gasteiger charge is -2.26. The Kier molecular flexibility index (Phi) is 15.7. The first-order valence-electron chi connectivity index (χ1n) is 25.7. The van der Waals surface area contributed by atoms with Crippen LogP contribution in [0.25, 0.3) is 43.1 Å². The van der Waals surface area contributed by atoms with Gasteiger partial charge in [-0.2, -0.15) is 7.42 Å². The second-order valence-electron chi connectivity index (χ2n) is 19.2. The van der Waals surface area contributed by atoms with Crippen molar-refractivity contribution in [2.24, 2.45) is 0 Å². The van der Waals surface area contributed by atoms with E-state index in [1.165, 1.54) is 72.8 Å². The summed E-state index contributed by atoms with van der Waals surface area (Å²) in [6.07, 6.45) is 3.78. The highest BCUT2D eigenvalue weighted by atomic mass is 32.3. The number of nitrogens with zero attached hydrogens (tertiary/aromatic N) is 3. The topological polar surface area (TPSA) is 215 Å². The molecule has 0 amide bonds. The first kappa shape index (κ1) is 56.8. The quantitative estimate of drug-likeness (QED) is 0.0614. The van der Waals surface area contributed by atoms with Crippen molar-refractivity contribution in [2.45, 2.75) is 74.8 Å². The van der Waals surface area contributed by atoms with E-state index in [4.69, 9.17) is 0 Å². The molecule has 0 aliphatic heterocycles. The molecule has 10 aromatic carbocycles. The average molecular weight is 1200 g/mol. The number of unbranched alkanes of at least 4 members (excludes halogenated alkanes) is 5. The minimum atomic E-state index is -5.13. The minimum Gasteiger partial charge on any atom is -0.206 e. The molecule has 10 aromatic rings. The van der Waals surface area contributed by atoms with Crippen LogP contribution in [-0.2, 0) is 60.1 Å². The summed E-state index contributed by atoms with van der Waals surface area (Å²) in [6, 6.07) is 51.6. The molecular formula is C60H53N3O12S6. The Balaban J connectivity index is 1.04. The fourth-order valence-electron chi connectivity index (χ4n) is 9.61. The standard InChI is InChI=1S/C60H53N3O12S6/c1-2-3-4-5-6-15-40-61(76(64,65)55-36-28-53(29-37-55)62(78(68,69)57-32-24-45-16-7-11-20-49(45)41-57)79(70,71)58-33-25-46-17-8-12-21-50(46)42-58)77(66,67)56-38-30-54(31-39-56)63(80(72,73)59-34-26-47-18-9-13-22-51(47)43-59)81(74,75)60-35-27-48-19-10-14-23-52(48)44-60/h7-14,16-39,41-44H,2-6,15,40H2,1H3. The molecular weight excluding hydrogens is 1150 g/mol. The predicted octanol–water partition coefficient (Wildman–Crippen LogP) is 12.2. The molecule has 21 heteroatoms. The lowest BCUT2D eigenvalue weighted by atomic mass is 10.1. The molecule has 416 valence electrons. The van der Waals surface area contributed by atoms with Crippen LogP contribution in [0.1, 0.15) is 45.4 Å². The van der Waals surface area contributed by atoms with Gasteiger partial charge in [0.15, 0.2) is 0 Å². The SMILES string of the molecule is CCCCCCCCN(S(=O)(=O)c1ccc(N(S(=O)(=O)c2ccc3ccccc3c2)S(=O)(=O)c2ccc3ccccc3c2)cc1)S(=O)(=O)c1ccc(N(S(=O)(=O)c2ccc3ccccc3c2)S(=O)(=O)c2ccc3ccccc3c2)cc1. The third-order valence-electron chi connectivity index (χ3n) is 13.9. The Morgan fingerprint density at radius 3 is 0.790 bits per heavy atom. The Morgan fingerprint density at radius 1 is 0.259 bits per heavy atom. The van der Waals surface area contributed by atoms with Gasteiger partial charge in [-0.25, -0.2) is 50.5 Å². The van der Waals surface area contributed by atoms with Crippen molar-refractivity contribution < 1.29 is 50.5 Å². The normalized spacial score (nSPS) is 12.8. The molecule has 0 aromatic heterocycles. The molecule has 81 heavy (non-hydrogen) atoms. The van der Waals surface area contributed by atoms with Gasteiger partial charge in [-0.15, -0.1) is 0 Å². The van der Waals surface area contributed by atoms with E-state index in [0.29, 0.717) is 55.9 Å². The summed E-state index contributed by atoms with van der Waals surface area (Å²) in [5.41, 5.74) is -0.976. The maximum Gasteiger partial charge on any atom is 0.277 e. The molecule has 0 atom stereocenters. The van der Waals surface area contributed by atoms with Gasteiger partial charge in [0.05, 0.1) is 40.7 Å². The monoisotopic (exact) mass is 1200 g/mol. The largest absolute Gasteiger partial charge is 0.277 e. The molecule has 0 saturated carbocycles.